The van der Waals surface area contributed by atoms with E-state index in [-0.39, 0.29) is 31.4 Å². The highest BCUT2D eigenvalue weighted by Crippen LogP contribution is 2.30. The molecule has 2 aromatic rings. The lowest BCUT2D eigenvalue weighted by atomic mass is 9.83. The van der Waals surface area contributed by atoms with E-state index in [2.05, 4.69) is 4.98 Å². The van der Waals surface area contributed by atoms with Crippen LogP contribution in [-0.4, -0.2) is 42.7 Å². The van der Waals surface area contributed by atoms with Gasteiger partial charge in [0.25, 0.3) is 5.41 Å². The topological polar surface area (TPSA) is 105 Å². The van der Waals surface area contributed by atoms with Crippen molar-refractivity contribution >= 4 is 17.9 Å². The second-order valence-corrected chi connectivity index (χ2v) is 5.89. The average Bonchev–Trinajstić information content (AvgIpc) is 3.15. The van der Waals surface area contributed by atoms with E-state index in [4.69, 9.17) is 18.6 Å². The van der Waals surface area contributed by atoms with Crippen LogP contribution in [0, 0.1) is 11.2 Å². The highest BCUT2D eigenvalue weighted by Gasteiger charge is 2.58. The van der Waals surface area contributed by atoms with Crippen LogP contribution in [0.25, 0.3) is 11.5 Å². The van der Waals surface area contributed by atoms with Gasteiger partial charge in [-0.3, -0.25) is 14.4 Å². The van der Waals surface area contributed by atoms with Gasteiger partial charge in [0, 0.05) is 12.0 Å². The molecule has 29 heavy (non-hydrogen) atoms. The molecule has 156 valence electrons. The lowest BCUT2D eigenvalue weighted by Crippen LogP contribution is -2.51. The molecule has 0 spiro atoms. The zero-order chi connectivity index (χ0) is 21.4. The molecule has 0 fully saturated rings. The van der Waals surface area contributed by atoms with Crippen LogP contribution in [0.3, 0.4) is 0 Å². The summed E-state index contributed by atoms with van der Waals surface area (Å²) in [5.74, 6) is -3.58. The molecule has 0 radical (unpaired) electrons. The minimum absolute atomic E-state index is 0.0565. The third-order valence-electron chi connectivity index (χ3n) is 3.96. The highest BCUT2D eigenvalue weighted by molar-refractivity contribution is 6.18. The molecule has 1 aromatic carbocycles. The zero-order valence-electron chi connectivity index (χ0n) is 16.4. The number of hydrogen-bond donors (Lipinski definition) is 0. The van der Waals surface area contributed by atoms with Crippen molar-refractivity contribution in [2.75, 3.05) is 19.8 Å². The molecule has 0 aliphatic carbocycles. The van der Waals surface area contributed by atoms with Crippen LogP contribution in [0.5, 0.6) is 0 Å². The Hall–Kier alpha value is -3.23. The van der Waals surface area contributed by atoms with Crippen LogP contribution in [-0.2, 0) is 35.0 Å². The standard InChI is InChI=1S/C20H22FNO7/c1-4-26-17(23)20(18(24)27-5-2,19(25)28-6-3)11-15-12-29-16(22-15)13-7-9-14(21)10-8-13/h7-10,12H,4-6,11H2,1-3H3. The predicted octanol–water partition coefficient (Wildman–Crippen LogP) is 2.70. The largest absolute Gasteiger partial charge is 0.465 e. The van der Waals surface area contributed by atoms with Crippen LogP contribution in [0.1, 0.15) is 26.5 Å². The monoisotopic (exact) mass is 407 g/mol. The molecule has 0 bridgehead atoms. The smallest absolute Gasteiger partial charge is 0.335 e. The van der Waals surface area contributed by atoms with Gasteiger partial charge in [0.05, 0.1) is 25.5 Å². The third kappa shape index (κ3) is 4.79. The van der Waals surface area contributed by atoms with E-state index < -0.39 is 35.6 Å². The number of hydrogen-bond acceptors (Lipinski definition) is 8. The summed E-state index contributed by atoms with van der Waals surface area (Å²) in [4.78, 5) is 42.3. The fourth-order valence-electron chi connectivity index (χ4n) is 2.61. The second kappa shape index (κ2) is 9.81. The van der Waals surface area contributed by atoms with Crippen LogP contribution in [0.2, 0.25) is 0 Å². The second-order valence-electron chi connectivity index (χ2n) is 5.89. The molecule has 1 aromatic heterocycles. The maximum atomic E-state index is 13.1. The number of aromatic nitrogens is 1. The molecule has 0 N–H and O–H groups in total. The average molecular weight is 407 g/mol. The van der Waals surface area contributed by atoms with Crippen molar-refractivity contribution in [3.63, 3.8) is 0 Å². The highest BCUT2D eigenvalue weighted by atomic mass is 19.1. The Kier molecular flexibility index (Phi) is 7.46. The summed E-state index contributed by atoms with van der Waals surface area (Å²) in [6.45, 7) is 4.46. The van der Waals surface area contributed by atoms with Crippen molar-refractivity contribution < 1.29 is 37.4 Å². The van der Waals surface area contributed by atoms with E-state index in [1.54, 1.807) is 20.8 Å². The van der Waals surface area contributed by atoms with Gasteiger partial charge in [0.15, 0.2) is 0 Å². The Labute approximate surface area is 167 Å². The molecule has 0 saturated heterocycles. The van der Waals surface area contributed by atoms with E-state index in [0.29, 0.717) is 5.56 Å². The fraction of sp³-hybridized carbons (Fsp3) is 0.400. The molecule has 0 saturated carbocycles. The van der Waals surface area contributed by atoms with Gasteiger partial charge in [-0.25, -0.2) is 9.37 Å². The minimum atomic E-state index is -2.38. The summed E-state index contributed by atoms with van der Waals surface area (Å²) < 4.78 is 33.4. The Bertz CT molecular complexity index is 814. The maximum absolute atomic E-state index is 13.1. The zero-order valence-corrected chi connectivity index (χ0v) is 16.4. The summed E-state index contributed by atoms with van der Waals surface area (Å²) in [6, 6.07) is 5.39. The lowest BCUT2D eigenvalue weighted by molar-refractivity contribution is -0.183. The summed E-state index contributed by atoms with van der Waals surface area (Å²) in [6.07, 6.45) is 0.722. The molecule has 8 nitrogen and oxygen atoms in total. The number of oxazole rings is 1. The van der Waals surface area contributed by atoms with Crippen LogP contribution in [0.15, 0.2) is 34.9 Å². The quantitative estimate of drug-likeness (QED) is 0.355. The van der Waals surface area contributed by atoms with Gasteiger partial charge in [-0.15, -0.1) is 0 Å². The first-order valence-corrected chi connectivity index (χ1v) is 9.11. The predicted molar refractivity (Wildman–Crippen MR) is 97.9 cm³/mol. The Morgan fingerprint density at radius 1 is 0.931 bits per heavy atom. The van der Waals surface area contributed by atoms with E-state index in [9.17, 15) is 18.8 Å². The first-order chi connectivity index (χ1) is 13.9. The fourth-order valence-corrected chi connectivity index (χ4v) is 2.61. The van der Waals surface area contributed by atoms with Gasteiger partial charge >= 0.3 is 17.9 Å². The molecule has 0 atom stereocenters. The first kappa shape index (κ1) is 22.1. The normalized spacial score (nSPS) is 11.0. The van der Waals surface area contributed by atoms with Crippen molar-refractivity contribution in [1.29, 1.82) is 0 Å². The van der Waals surface area contributed by atoms with Crippen molar-refractivity contribution in [3.8, 4) is 11.5 Å². The van der Waals surface area contributed by atoms with Crippen molar-refractivity contribution in [2.24, 2.45) is 5.41 Å². The molecule has 2 rings (SSSR count). The number of ether oxygens (including phenoxy) is 3. The Morgan fingerprint density at radius 2 is 1.41 bits per heavy atom. The third-order valence-corrected chi connectivity index (χ3v) is 3.96. The number of carbonyl (C=O) groups excluding carboxylic acids is 3. The van der Waals surface area contributed by atoms with E-state index in [1.807, 2.05) is 0 Å². The number of rotatable bonds is 9. The van der Waals surface area contributed by atoms with Gasteiger partial charge in [0.2, 0.25) is 5.89 Å². The Balaban J connectivity index is 2.45. The molecular formula is C20H22FNO7. The van der Waals surface area contributed by atoms with Crippen LogP contribution in [0.4, 0.5) is 4.39 Å². The molecule has 1 heterocycles. The van der Waals surface area contributed by atoms with E-state index in [1.165, 1.54) is 30.5 Å². The van der Waals surface area contributed by atoms with Crippen molar-refractivity contribution in [1.82, 2.24) is 4.98 Å². The molecule has 0 aliphatic rings. The van der Waals surface area contributed by atoms with Crippen LogP contribution < -0.4 is 0 Å². The van der Waals surface area contributed by atoms with Crippen LogP contribution >= 0.6 is 0 Å². The van der Waals surface area contributed by atoms with Gasteiger partial charge in [-0.05, 0) is 45.0 Å². The summed E-state index contributed by atoms with van der Waals surface area (Å²) in [7, 11) is 0. The molecule has 0 unspecified atom stereocenters. The molecule has 0 aliphatic heterocycles. The van der Waals surface area contributed by atoms with Crippen molar-refractivity contribution in [3.05, 3.63) is 42.0 Å². The number of benzene rings is 1. The van der Waals surface area contributed by atoms with E-state index >= 15 is 0 Å². The number of esters is 3. The number of carbonyl (C=O) groups is 3. The maximum Gasteiger partial charge on any atom is 0.335 e. The lowest BCUT2D eigenvalue weighted by Gasteiger charge is -2.26. The van der Waals surface area contributed by atoms with Gasteiger partial charge < -0.3 is 18.6 Å². The van der Waals surface area contributed by atoms with Crippen molar-refractivity contribution in [2.45, 2.75) is 27.2 Å². The first-order valence-electron chi connectivity index (χ1n) is 9.11. The van der Waals surface area contributed by atoms with Gasteiger partial charge in [-0.2, -0.15) is 0 Å². The summed E-state index contributed by atoms with van der Waals surface area (Å²) in [5, 5.41) is 0. The number of nitrogens with zero attached hydrogens (tertiary/aromatic N) is 1. The summed E-state index contributed by atoms with van der Waals surface area (Å²) in [5.41, 5.74) is -1.77. The molecule has 9 heteroatoms. The number of halogens is 1. The summed E-state index contributed by atoms with van der Waals surface area (Å²) >= 11 is 0. The van der Waals surface area contributed by atoms with Gasteiger partial charge in [-0.1, -0.05) is 0 Å². The minimum Gasteiger partial charge on any atom is -0.465 e. The molecular weight excluding hydrogens is 385 g/mol. The van der Waals surface area contributed by atoms with Gasteiger partial charge in [0.1, 0.15) is 12.1 Å². The van der Waals surface area contributed by atoms with E-state index in [0.717, 1.165) is 0 Å². The molecule has 0 amide bonds. The Morgan fingerprint density at radius 3 is 1.86 bits per heavy atom. The SMILES string of the molecule is CCOC(=O)C(Cc1coc(-c2ccc(F)cc2)n1)(C(=O)OCC)C(=O)OCC.